The molecule has 1 saturated carbocycles. The summed E-state index contributed by atoms with van der Waals surface area (Å²) in [6.45, 7) is 6.26. The van der Waals surface area contributed by atoms with Crippen molar-refractivity contribution in [3.05, 3.63) is 0 Å². The zero-order valence-electron chi connectivity index (χ0n) is 7.26. The Kier molecular flexibility index (Phi) is 2.72. The zero-order valence-corrected chi connectivity index (χ0v) is 7.26. The van der Waals surface area contributed by atoms with Gasteiger partial charge >= 0.3 is 0 Å². The molecule has 0 N–H and O–H groups in total. The highest BCUT2D eigenvalue weighted by atomic mass is 16.5. The Labute approximate surface area is 63.8 Å². The topological polar surface area (TPSA) is 9.23 Å². The van der Waals surface area contributed by atoms with Crippen LogP contribution in [0.15, 0.2) is 0 Å². The molecule has 0 aromatic rings. The van der Waals surface area contributed by atoms with E-state index in [0.29, 0.717) is 12.2 Å². The van der Waals surface area contributed by atoms with Crippen LogP contribution in [0.3, 0.4) is 0 Å². The van der Waals surface area contributed by atoms with Gasteiger partial charge in [-0.3, -0.25) is 0 Å². The van der Waals surface area contributed by atoms with Crippen LogP contribution in [0.5, 0.6) is 0 Å². The molecule has 2 aliphatic heterocycles. The van der Waals surface area contributed by atoms with Crippen LogP contribution in [0.25, 0.3) is 0 Å². The van der Waals surface area contributed by atoms with Gasteiger partial charge in [0.2, 0.25) is 0 Å². The Morgan fingerprint density at radius 1 is 1.30 bits per heavy atom. The van der Waals surface area contributed by atoms with Crippen molar-refractivity contribution in [2.24, 2.45) is 5.92 Å². The van der Waals surface area contributed by atoms with Gasteiger partial charge in [-0.05, 0) is 12.3 Å². The summed E-state index contributed by atoms with van der Waals surface area (Å²) in [5, 5.41) is 0. The number of ether oxygens (including phenoxy) is 1. The largest absolute Gasteiger partial charge is 0.374 e. The van der Waals surface area contributed by atoms with Gasteiger partial charge in [0, 0.05) is 6.42 Å². The van der Waals surface area contributed by atoms with E-state index in [1.165, 1.54) is 19.3 Å². The minimum Gasteiger partial charge on any atom is -0.374 e. The van der Waals surface area contributed by atoms with Crippen LogP contribution in [0.4, 0.5) is 0 Å². The second kappa shape index (κ2) is 3.38. The summed E-state index contributed by atoms with van der Waals surface area (Å²) in [6.07, 6.45) is 5.37. The van der Waals surface area contributed by atoms with Gasteiger partial charge in [-0.25, -0.2) is 0 Å². The van der Waals surface area contributed by atoms with Gasteiger partial charge in [-0.15, -0.1) is 0 Å². The molecule has 3 unspecified atom stereocenters. The first-order valence-corrected chi connectivity index (χ1v) is 4.55. The van der Waals surface area contributed by atoms with E-state index in [4.69, 9.17) is 4.74 Å². The Bertz CT molecular complexity index is 94.9. The summed E-state index contributed by atoms with van der Waals surface area (Å²) in [5.41, 5.74) is 0. The number of fused-ring (bicyclic) bond motifs is 1. The maximum Gasteiger partial charge on any atom is 0.0632 e. The van der Waals surface area contributed by atoms with Gasteiger partial charge < -0.3 is 4.74 Å². The lowest BCUT2D eigenvalue weighted by molar-refractivity contribution is -0.0747. The van der Waals surface area contributed by atoms with Crippen LogP contribution in [0.2, 0.25) is 0 Å². The van der Waals surface area contributed by atoms with Gasteiger partial charge in [0.25, 0.3) is 0 Å². The van der Waals surface area contributed by atoms with Crippen molar-refractivity contribution in [2.75, 3.05) is 0 Å². The molecule has 3 fully saturated rings. The maximum absolute atomic E-state index is 5.45. The quantitative estimate of drug-likeness (QED) is 0.547. The van der Waals surface area contributed by atoms with E-state index in [1.54, 1.807) is 0 Å². The van der Waals surface area contributed by atoms with E-state index in [0.717, 1.165) is 5.92 Å². The molecule has 3 aliphatic rings. The number of hydrogen-bond donors (Lipinski definition) is 0. The van der Waals surface area contributed by atoms with Crippen molar-refractivity contribution in [3.8, 4) is 0 Å². The molecule has 1 aliphatic carbocycles. The van der Waals surface area contributed by atoms with Crippen molar-refractivity contribution in [2.45, 2.75) is 52.2 Å². The average Bonchev–Trinajstić information content (AvgIpc) is 2.46. The average molecular weight is 142 g/mol. The van der Waals surface area contributed by atoms with Crippen LogP contribution in [-0.4, -0.2) is 12.2 Å². The molecule has 2 bridgehead atoms. The lowest BCUT2D eigenvalue weighted by Crippen LogP contribution is -2.28. The second-order valence-corrected chi connectivity index (χ2v) is 2.94. The minimum atomic E-state index is 0.671. The smallest absolute Gasteiger partial charge is 0.0632 e. The van der Waals surface area contributed by atoms with Crippen molar-refractivity contribution in [3.63, 3.8) is 0 Å². The molecule has 0 spiro atoms. The third-order valence-corrected chi connectivity index (χ3v) is 2.48. The van der Waals surface area contributed by atoms with Gasteiger partial charge in [-0.1, -0.05) is 27.2 Å². The molecule has 3 atom stereocenters. The first-order chi connectivity index (χ1) is 4.90. The fourth-order valence-electron chi connectivity index (χ4n) is 1.87. The molecule has 0 aromatic heterocycles. The van der Waals surface area contributed by atoms with E-state index < -0.39 is 0 Å². The molecule has 60 valence electrons. The Morgan fingerprint density at radius 3 is 2.10 bits per heavy atom. The molecule has 0 radical (unpaired) electrons. The number of hydrogen-bond acceptors (Lipinski definition) is 1. The second-order valence-electron chi connectivity index (χ2n) is 2.94. The zero-order chi connectivity index (χ0) is 7.56. The molecule has 0 aromatic carbocycles. The standard InChI is InChI=1S/C7H12O.C2H6/c1-2-5-3-6-4-7(5)8-6;1-2/h5-7H,2-4H2,1H3;1-2H3. The monoisotopic (exact) mass is 142 g/mol. The van der Waals surface area contributed by atoms with Crippen molar-refractivity contribution >= 4 is 0 Å². The van der Waals surface area contributed by atoms with Crippen LogP contribution in [0.1, 0.15) is 40.0 Å². The maximum atomic E-state index is 5.45. The van der Waals surface area contributed by atoms with E-state index >= 15 is 0 Å². The van der Waals surface area contributed by atoms with Gasteiger partial charge in [0.1, 0.15) is 0 Å². The van der Waals surface area contributed by atoms with Crippen LogP contribution in [-0.2, 0) is 4.74 Å². The Hall–Kier alpha value is -0.0400. The van der Waals surface area contributed by atoms with Crippen molar-refractivity contribution < 1.29 is 4.74 Å². The molecular weight excluding hydrogens is 124 g/mol. The van der Waals surface area contributed by atoms with Gasteiger partial charge in [0.15, 0.2) is 0 Å². The highest BCUT2D eigenvalue weighted by molar-refractivity contribution is 4.93. The molecule has 3 rings (SSSR count). The van der Waals surface area contributed by atoms with Crippen molar-refractivity contribution in [1.29, 1.82) is 0 Å². The van der Waals surface area contributed by atoms with Gasteiger partial charge in [0.05, 0.1) is 12.2 Å². The predicted molar refractivity (Wildman–Crippen MR) is 43.0 cm³/mol. The van der Waals surface area contributed by atoms with E-state index in [2.05, 4.69) is 6.92 Å². The fourth-order valence-corrected chi connectivity index (χ4v) is 1.87. The minimum absolute atomic E-state index is 0.671. The summed E-state index contributed by atoms with van der Waals surface area (Å²) in [7, 11) is 0. The third kappa shape index (κ3) is 1.20. The first-order valence-electron chi connectivity index (χ1n) is 4.55. The predicted octanol–water partition coefficient (Wildman–Crippen LogP) is 2.60. The fraction of sp³-hybridized carbons (Fsp3) is 1.00. The van der Waals surface area contributed by atoms with Crippen molar-refractivity contribution in [1.82, 2.24) is 0 Å². The van der Waals surface area contributed by atoms with E-state index in [1.807, 2.05) is 13.8 Å². The summed E-state index contributed by atoms with van der Waals surface area (Å²) in [5.74, 6) is 0.917. The highest BCUT2D eigenvalue weighted by Crippen LogP contribution is 2.42. The molecule has 10 heavy (non-hydrogen) atoms. The molecule has 1 heteroatoms. The molecule has 2 saturated heterocycles. The van der Waals surface area contributed by atoms with Crippen LogP contribution < -0.4 is 0 Å². The Morgan fingerprint density at radius 2 is 1.90 bits per heavy atom. The normalized spacial score (nSPS) is 41.7. The lowest BCUT2D eigenvalue weighted by atomic mass is 10.0. The molecule has 0 amide bonds. The summed E-state index contributed by atoms with van der Waals surface area (Å²) < 4.78 is 5.45. The summed E-state index contributed by atoms with van der Waals surface area (Å²) >= 11 is 0. The van der Waals surface area contributed by atoms with E-state index in [-0.39, 0.29) is 0 Å². The van der Waals surface area contributed by atoms with E-state index in [9.17, 15) is 0 Å². The van der Waals surface area contributed by atoms with Crippen LogP contribution in [0, 0.1) is 5.92 Å². The number of rotatable bonds is 1. The first kappa shape index (κ1) is 8.06. The molecule has 2 heterocycles. The molecule has 1 nitrogen and oxygen atoms in total. The Balaban J connectivity index is 0.000000231. The highest BCUT2D eigenvalue weighted by Gasteiger charge is 2.44. The molecular formula is C9H18O. The third-order valence-electron chi connectivity index (χ3n) is 2.48. The SMILES string of the molecule is CC.CCC1CC2CC1O2. The lowest BCUT2D eigenvalue weighted by Gasteiger charge is -2.25. The van der Waals surface area contributed by atoms with Crippen LogP contribution >= 0.6 is 0 Å². The summed E-state index contributed by atoms with van der Waals surface area (Å²) in [6, 6.07) is 0. The van der Waals surface area contributed by atoms with Gasteiger partial charge in [-0.2, -0.15) is 0 Å². The summed E-state index contributed by atoms with van der Waals surface area (Å²) in [4.78, 5) is 0.